The van der Waals surface area contributed by atoms with Crippen LogP contribution in [0.1, 0.15) is 32.6 Å². The zero-order valence-electron chi connectivity index (χ0n) is 11.2. The van der Waals surface area contributed by atoms with Gasteiger partial charge in [-0.25, -0.2) is 0 Å². The van der Waals surface area contributed by atoms with Crippen molar-refractivity contribution in [3.05, 3.63) is 0 Å². The summed E-state index contributed by atoms with van der Waals surface area (Å²) in [7, 11) is 2.30. The molecule has 0 aromatic rings. The van der Waals surface area contributed by atoms with Crippen molar-refractivity contribution in [2.75, 3.05) is 38.7 Å². The Bertz CT molecular complexity index is 169. The number of piperidine rings is 1. The largest absolute Gasteiger partial charge is 0.317 e. The van der Waals surface area contributed by atoms with Crippen molar-refractivity contribution < 1.29 is 0 Å². The highest BCUT2D eigenvalue weighted by atomic mass is 32.2. The van der Waals surface area contributed by atoms with Crippen molar-refractivity contribution in [1.29, 1.82) is 0 Å². The highest BCUT2D eigenvalue weighted by Crippen LogP contribution is 2.17. The van der Waals surface area contributed by atoms with E-state index in [1.54, 1.807) is 0 Å². The van der Waals surface area contributed by atoms with Crippen molar-refractivity contribution in [1.82, 2.24) is 10.2 Å². The summed E-state index contributed by atoms with van der Waals surface area (Å²) in [6.45, 7) is 6.05. The van der Waals surface area contributed by atoms with Crippen molar-refractivity contribution in [2.45, 2.75) is 38.6 Å². The molecule has 1 saturated heterocycles. The maximum Gasteiger partial charge on any atom is 0.0180 e. The van der Waals surface area contributed by atoms with Gasteiger partial charge in [-0.05, 0) is 64.5 Å². The summed E-state index contributed by atoms with van der Waals surface area (Å²) in [6, 6.07) is 0.775. The number of rotatable bonds is 7. The minimum Gasteiger partial charge on any atom is -0.317 e. The highest BCUT2D eigenvalue weighted by Gasteiger charge is 2.16. The normalized spacial score (nSPS) is 20.2. The highest BCUT2D eigenvalue weighted by molar-refractivity contribution is 7.98. The van der Waals surface area contributed by atoms with Gasteiger partial charge in [0, 0.05) is 11.8 Å². The van der Waals surface area contributed by atoms with Crippen LogP contribution in [0.3, 0.4) is 0 Å². The van der Waals surface area contributed by atoms with Crippen LogP contribution in [-0.2, 0) is 0 Å². The molecule has 0 saturated carbocycles. The number of nitrogens with zero attached hydrogens (tertiary/aromatic N) is 1. The van der Waals surface area contributed by atoms with Gasteiger partial charge in [0.15, 0.2) is 0 Å². The van der Waals surface area contributed by atoms with Gasteiger partial charge in [-0.2, -0.15) is 11.8 Å². The van der Waals surface area contributed by atoms with E-state index in [1.165, 1.54) is 51.1 Å². The topological polar surface area (TPSA) is 15.3 Å². The molecule has 1 aliphatic rings. The first kappa shape index (κ1) is 14.3. The quantitative estimate of drug-likeness (QED) is 0.740. The van der Waals surface area contributed by atoms with E-state index in [1.807, 2.05) is 11.8 Å². The van der Waals surface area contributed by atoms with Crippen LogP contribution in [0.15, 0.2) is 0 Å². The second-order valence-electron chi connectivity index (χ2n) is 4.98. The molecule has 1 unspecified atom stereocenters. The Kier molecular flexibility index (Phi) is 7.50. The van der Waals surface area contributed by atoms with Crippen molar-refractivity contribution in [2.24, 2.45) is 5.92 Å². The third-order valence-electron chi connectivity index (χ3n) is 3.80. The maximum absolute atomic E-state index is 3.44. The van der Waals surface area contributed by atoms with Gasteiger partial charge in [0.2, 0.25) is 0 Å². The van der Waals surface area contributed by atoms with E-state index < -0.39 is 0 Å². The minimum absolute atomic E-state index is 0.775. The Hall–Kier alpha value is 0.270. The average molecular weight is 244 g/mol. The first-order valence-corrected chi connectivity index (χ1v) is 8.07. The molecule has 0 aromatic heterocycles. The van der Waals surface area contributed by atoms with Crippen LogP contribution in [0.4, 0.5) is 0 Å². The number of hydrogen-bond donors (Lipinski definition) is 1. The van der Waals surface area contributed by atoms with Gasteiger partial charge in [0.05, 0.1) is 0 Å². The SMILES string of the molecule is CCC(CSC)N(C)CCC1CCNCC1. The van der Waals surface area contributed by atoms with Crippen LogP contribution in [0.25, 0.3) is 0 Å². The lowest BCUT2D eigenvalue weighted by Crippen LogP contribution is -2.36. The zero-order valence-corrected chi connectivity index (χ0v) is 12.0. The Balaban J connectivity index is 2.18. The standard InChI is InChI=1S/C13H28N2S/c1-4-13(11-16-3)15(2)10-7-12-5-8-14-9-6-12/h12-14H,4-11H2,1-3H3. The Morgan fingerprint density at radius 1 is 1.38 bits per heavy atom. The fourth-order valence-corrected chi connectivity index (χ4v) is 3.36. The smallest absolute Gasteiger partial charge is 0.0180 e. The lowest BCUT2D eigenvalue weighted by molar-refractivity contribution is 0.223. The molecule has 3 heteroatoms. The number of hydrogen-bond acceptors (Lipinski definition) is 3. The van der Waals surface area contributed by atoms with Gasteiger partial charge in [-0.3, -0.25) is 0 Å². The first-order valence-electron chi connectivity index (χ1n) is 6.67. The van der Waals surface area contributed by atoms with Gasteiger partial charge < -0.3 is 10.2 Å². The third-order valence-corrected chi connectivity index (χ3v) is 4.52. The Morgan fingerprint density at radius 3 is 2.62 bits per heavy atom. The molecule has 0 radical (unpaired) electrons. The van der Waals surface area contributed by atoms with Gasteiger partial charge in [0.1, 0.15) is 0 Å². The second kappa shape index (κ2) is 8.37. The van der Waals surface area contributed by atoms with E-state index in [2.05, 4.69) is 30.4 Å². The lowest BCUT2D eigenvalue weighted by atomic mass is 9.94. The predicted molar refractivity (Wildman–Crippen MR) is 75.3 cm³/mol. The predicted octanol–water partition coefficient (Wildman–Crippen LogP) is 2.45. The van der Waals surface area contributed by atoms with Crippen LogP contribution in [-0.4, -0.2) is 49.6 Å². The van der Waals surface area contributed by atoms with E-state index in [-0.39, 0.29) is 0 Å². The molecule has 0 aromatic carbocycles. The van der Waals surface area contributed by atoms with Crippen LogP contribution in [0.5, 0.6) is 0 Å². The molecule has 1 atom stereocenters. The van der Waals surface area contributed by atoms with Crippen molar-refractivity contribution in [3.63, 3.8) is 0 Å². The molecule has 16 heavy (non-hydrogen) atoms. The molecule has 1 fully saturated rings. The summed E-state index contributed by atoms with van der Waals surface area (Å²) in [6.07, 6.45) is 7.65. The van der Waals surface area contributed by atoms with Gasteiger partial charge >= 0.3 is 0 Å². The lowest BCUT2D eigenvalue weighted by Gasteiger charge is -2.29. The molecule has 0 aliphatic carbocycles. The first-order chi connectivity index (χ1) is 7.77. The summed E-state index contributed by atoms with van der Waals surface area (Å²) in [5.74, 6) is 2.25. The number of nitrogens with one attached hydrogen (secondary N) is 1. The van der Waals surface area contributed by atoms with Crippen molar-refractivity contribution >= 4 is 11.8 Å². The molecule has 1 heterocycles. The second-order valence-corrected chi connectivity index (χ2v) is 5.89. The zero-order chi connectivity index (χ0) is 11.8. The van der Waals surface area contributed by atoms with E-state index >= 15 is 0 Å². The van der Waals surface area contributed by atoms with Gasteiger partial charge in [0.25, 0.3) is 0 Å². The monoisotopic (exact) mass is 244 g/mol. The van der Waals surface area contributed by atoms with Crippen LogP contribution in [0.2, 0.25) is 0 Å². The maximum atomic E-state index is 3.44. The number of thioether (sulfide) groups is 1. The van der Waals surface area contributed by atoms with E-state index in [4.69, 9.17) is 0 Å². The summed E-state index contributed by atoms with van der Waals surface area (Å²) in [4.78, 5) is 2.57. The van der Waals surface area contributed by atoms with Crippen LogP contribution < -0.4 is 5.32 Å². The average Bonchev–Trinajstić information content (AvgIpc) is 2.34. The summed E-state index contributed by atoms with van der Waals surface area (Å²) in [5, 5.41) is 3.44. The molecule has 1 N–H and O–H groups in total. The fourth-order valence-electron chi connectivity index (χ4n) is 2.49. The van der Waals surface area contributed by atoms with Gasteiger partial charge in [-0.1, -0.05) is 6.92 Å². The molecule has 0 amide bonds. The Morgan fingerprint density at radius 2 is 2.06 bits per heavy atom. The molecule has 96 valence electrons. The molecular formula is C13H28N2S. The van der Waals surface area contributed by atoms with E-state index in [9.17, 15) is 0 Å². The fraction of sp³-hybridized carbons (Fsp3) is 1.00. The third kappa shape index (κ3) is 5.07. The molecule has 1 aliphatic heterocycles. The van der Waals surface area contributed by atoms with E-state index in [0.717, 1.165) is 12.0 Å². The van der Waals surface area contributed by atoms with Crippen molar-refractivity contribution in [3.8, 4) is 0 Å². The summed E-state index contributed by atoms with van der Waals surface area (Å²) < 4.78 is 0. The molecule has 0 spiro atoms. The molecular weight excluding hydrogens is 216 g/mol. The molecule has 0 bridgehead atoms. The van der Waals surface area contributed by atoms with E-state index in [0.29, 0.717) is 0 Å². The van der Waals surface area contributed by atoms with Crippen LogP contribution in [0, 0.1) is 5.92 Å². The minimum atomic E-state index is 0.775. The Labute approximate surface area is 106 Å². The molecule has 2 nitrogen and oxygen atoms in total. The molecule has 1 rings (SSSR count). The van der Waals surface area contributed by atoms with Crippen LogP contribution >= 0.6 is 11.8 Å². The summed E-state index contributed by atoms with van der Waals surface area (Å²) in [5.41, 5.74) is 0. The summed E-state index contributed by atoms with van der Waals surface area (Å²) >= 11 is 1.97. The van der Waals surface area contributed by atoms with Gasteiger partial charge in [-0.15, -0.1) is 0 Å².